The average molecular weight is 236 g/mol. The molecule has 5 nitrogen and oxygen atoms in total. The lowest BCUT2D eigenvalue weighted by atomic mass is 9.92. The first-order valence-electron chi connectivity index (χ1n) is 6.25. The van der Waals surface area contributed by atoms with Crippen molar-refractivity contribution in [1.82, 2.24) is 9.97 Å². The van der Waals surface area contributed by atoms with Crippen molar-refractivity contribution in [3.63, 3.8) is 0 Å². The summed E-state index contributed by atoms with van der Waals surface area (Å²) in [6.07, 6.45) is 7.72. The summed E-state index contributed by atoms with van der Waals surface area (Å²) in [6.45, 7) is 2.54. The van der Waals surface area contributed by atoms with E-state index in [9.17, 15) is 0 Å². The molecule has 1 fully saturated rings. The Bertz CT molecular complexity index is 350. The number of nitrogens with zero attached hydrogens (tertiary/aromatic N) is 2. The molecule has 0 radical (unpaired) electrons. The van der Waals surface area contributed by atoms with Crippen molar-refractivity contribution in [2.45, 2.75) is 44.7 Å². The lowest BCUT2D eigenvalue weighted by Crippen LogP contribution is -2.33. The van der Waals surface area contributed by atoms with E-state index in [4.69, 9.17) is 10.5 Å². The van der Waals surface area contributed by atoms with Gasteiger partial charge in [-0.2, -0.15) is 4.98 Å². The molecular weight excluding hydrogens is 216 g/mol. The van der Waals surface area contributed by atoms with Crippen LogP contribution in [0.25, 0.3) is 0 Å². The second-order valence-corrected chi connectivity index (χ2v) is 4.43. The van der Waals surface area contributed by atoms with E-state index >= 15 is 0 Å². The molecule has 0 unspecified atom stereocenters. The summed E-state index contributed by atoms with van der Waals surface area (Å²) in [4.78, 5) is 8.46. The fourth-order valence-corrected chi connectivity index (χ4v) is 2.11. The Balaban J connectivity index is 1.91. The zero-order chi connectivity index (χ0) is 12.1. The lowest BCUT2D eigenvalue weighted by molar-refractivity contribution is 0.325. The Hall–Kier alpha value is -1.36. The first-order valence-corrected chi connectivity index (χ1v) is 6.25. The highest BCUT2D eigenvalue weighted by Gasteiger charge is 2.18. The largest absolute Gasteiger partial charge is 0.477 e. The van der Waals surface area contributed by atoms with Gasteiger partial charge in [-0.15, -0.1) is 0 Å². The average Bonchev–Trinajstić information content (AvgIpc) is 2.33. The molecule has 1 aromatic rings. The minimum atomic E-state index is 0.369. The summed E-state index contributed by atoms with van der Waals surface area (Å²) in [7, 11) is 0. The lowest BCUT2D eigenvalue weighted by Gasteiger charge is -2.27. The van der Waals surface area contributed by atoms with Gasteiger partial charge in [0.25, 0.3) is 0 Å². The van der Waals surface area contributed by atoms with Crippen LogP contribution in [-0.4, -0.2) is 28.7 Å². The Labute approximate surface area is 102 Å². The maximum Gasteiger partial charge on any atom is 0.234 e. The first kappa shape index (κ1) is 12.1. The zero-order valence-electron chi connectivity index (χ0n) is 10.2. The van der Waals surface area contributed by atoms with Gasteiger partial charge in [0.1, 0.15) is 5.82 Å². The minimum Gasteiger partial charge on any atom is -0.477 e. The van der Waals surface area contributed by atoms with Crippen molar-refractivity contribution in [3.05, 3.63) is 12.4 Å². The normalized spacial score (nSPS) is 24.4. The van der Waals surface area contributed by atoms with Crippen molar-refractivity contribution in [2.24, 2.45) is 5.73 Å². The second-order valence-electron chi connectivity index (χ2n) is 4.43. The smallest absolute Gasteiger partial charge is 0.234 e. The van der Waals surface area contributed by atoms with Crippen molar-refractivity contribution in [1.29, 1.82) is 0 Å². The van der Waals surface area contributed by atoms with Gasteiger partial charge in [-0.1, -0.05) is 0 Å². The van der Waals surface area contributed by atoms with Gasteiger partial charge in [-0.3, -0.25) is 4.98 Å². The van der Waals surface area contributed by atoms with Gasteiger partial charge in [0.05, 0.1) is 19.0 Å². The van der Waals surface area contributed by atoms with Gasteiger partial charge in [0, 0.05) is 12.1 Å². The third kappa shape index (κ3) is 3.56. The summed E-state index contributed by atoms with van der Waals surface area (Å²) in [5.74, 6) is 1.36. The fraction of sp³-hybridized carbons (Fsp3) is 0.667. The first-order chi connectivity index (χ1) is 8.28. The highest BCUT2D eigenvalue weighted by molar-refractivity contribution is 5.34. The third-order valence-corrected chi connectivity index (χ3v) is 3.03. The van der Waals surface area contributed by atoms with E-state index in [1.165, 1.54) is 0 Å². The van der Waals surface area contributed by atoms with Gasteiger partial charge in [-0.25, -0.2) is 0 Å². The number of aromatic nitrogens is 2. The number of nitrogens with one attached hydrogen (secondary N) is 1. The molecule has 0 saturated heterocycles. The van der Waals surface area contributed by atoms with Gasteiger partial charge in [0.2, 0.25) is 5.88 Å². The van der Waals surface area contributed by atoms with E-state index in [2.05, 4.69) is 15.3 Å². The molecule has 1 saturated carbocycles. The highest BCUT2D eigenvalue weighted by atomic mass is 16.5. The summed E-state index contributed by atoms with van der Waals surface area (Å²) in [6, 6.07) is 0.829. The van der Waals surface area contributed by atoms with Crippen LogP contribution in [0.3, 0.4) is 0 Å². The molecule has 0 atom stereocenters. The maximum absolute atomic E-state index is 5.88. The number of hydrogen-bond acceptors (Lipinski definition) is 5. The monoisotopic (exact) mass is 236 g/mol. The molecule has 0 bridgehead atoms. The van der Waals surface area contributed by atoms with Crippen LogP contribution in [0.5, 0.6) is 5.88 Å². The van der Waals surface area contributed by atoms with Crippen molar-refractivity contribution in [3.8, 4) is 5.88 Å². The Morgan fingerprint density at radius 2 is 2.12 bits per heavy atom. The van der Waals surface area contributed by atoms with E-state index in [0.29, 0.717) is 24.6 Å². The molecule has 94 valence electrons. The minimum absolute atomic E-state index is 0.369. The molecule has 1 aromatic heterocycles. The van der Waals surface area contributed by atoms with Gasteiger partial charge >= 0.3 is 0 Å². The number of rotatable bonds is 4. The van der Waals surface area contributed by atoms with Crippen LogP contribution in [0.4, 0.5) is 5.82 Å². The molecule has 1 aliphatic rings. The molecule has 3 N–H and O–H groups in total. The molecule has 17 heavy (non-hydrogen) atoms. The quantitative estimate of drug-likeness (QED) is 0.830. The van der Waals surface area contributed by atoms with Crippen LogP contribution >= 0.6 is 0 Å². The van der Waals surface area contributed by atoms with Crippen LogP contribution < -0.4 is 15.8 Å². The molecule has 1 heterocycles. The second kappa shape index (κ2) is 5.82. The van der Waals surface area contributed by atoms with E-state index in [-0.39, 0.29) is 0 Å². The number of hydrogen-bond donors (Lipinski definition) is 2. The van der Waals surface area contributed by atoms with Gasteiger partial charge in [-0.05, 0) is 32.6 Å². The van der Waals surface area contributed by atoms with E-state index in [0.717, 1.165) is 31.5 Å². The van der Waals surface area contributed by atoms with Crippen molar-refractivity contribution < 1.29 is 4.74 Å². The summed E-state index contributed by atoms with van der Waals surface area (Å²) in [5, 5.41) is 3.39. The Morgan fingerprint density at radius 1 is 1.35 bits per heavy atom. The Kier molecular flexibility index (Phi) is 4.14. The molecule has 5 heteroatoms. The summed E-state index contributed by atoms with van der Waals surface area (Å²) in [5.41, 5.74) is 5.88. The third-order valence-electron chi connectivity index (χ3n) is 3.03. The van der Waals surface area contributed by atoms with Crippen molar-refractivity contribution in [2.75, 3.05) is 11.9 Å². The van der Waals surface area contributed by atoms with Crippen LogP contribution in [-0.2, 0) is 0 Å². The SMILES string of the molecule is CCOc1cncc(NC2CCC(N)CC2)n1. The van der Waals surface area contributed by atoms with Crippen LogP contribution in [0.2, 0.25) is 0 Å². The predicted octanol–water partition coefficient (Wildman–Crippen LogP) is 1.56. The number of anilines is 1. The predicted molar refractivity (Wildman–Crippen MR) is 67.1 cm³/mol. The molecule has 0 amide bonds. The molecule has 0 aliphatic heterocycles. The molecule has 1 aliphatic carbocycles. The van der Waals surface area contributed by atoms with E-state index in [1.807, 2.05) is 6.92 Å². The highest BCUT2D eigenvalue weighted by Crippen LogP contribution is 2.20. The molecule has 0 aromatic carbocycles. The van der Waals surface area contributed by atoms with E-state index < -0.39 is 0 Å². The zero-order valence-corrected chi connectivity index (χ0v) is 10.2. The van der Waals surface area contributed by atoms with Crippen LogP contribution in [0, 0.1) is 0 Å². The standard InChI is InChI=1S/C12H20N4O/c1-2-17-12-8-14-7-11(16-12)15-10-5-3-9(13)4-6-10/h7-10H,2-6,13H2,1H3,(H,15,16). The Morgan fingerprint density at radius 3 is 2.82 bits per heavy atom. The van der Waals surface area contributed by atoms with E-state index in [1.54, 1.807) is 12.4 Å². The molecule has 2 rings (SSSR count). The number of ether oxygens (including phenoxy) is 1. The van der Waals surface area contributed by atoms with Crippen molar-refractivity contribution >= 4 is 5.82 Å². The van der Waals surface area contributed by atoms with Gasteiger partial charge < -0.3 is 15.8 Å². The van der Waals surface area contributed by atoms with Gasteiger partial charge in [0.15, 0.2) is 0 Å². The maximum atomic E-state index is 5.88. The van der Waals surface area contributed by atoms with Crippen LogP contribution in [0.15, 0.2) is 12.4 Å². The topological polar surface area (TPSA) is 73.1 Å². The molecule has 0 spiro atoms. The van der Waals surface area contributed by atoms with Crippen LogP contribution in [0.1, 0.15) is 32.6 Å². The summed E-state index contributed by atoms with van der Waals surface area (Å²) >= 11 is 0. The summed E-state index contributed by atoms with van der Waals surface area (Å²) < 4.78 is 5.32. The fourth-order valence-electron chi connectivity index (χ4n) is 2.11. The number of nitrogens with two attached hydrogens (primary N) is 1. The molecular formula is C12H20N4O.